The van der Waals surface area contributed by atoms with Crippen LogP contribution in [0.3, 0.4) is 0 Å². The van der Waals surface area contributed by atoms with E-state index in [1.54, 1.807) is 0 Å². The monoisotopic (exact) mass is 611 g/mol. The molecule has 6 aliphatic rings. The van der Waals surface area contributed by atoms with E-state index in [4.69, 9.17) is 9.47 Å². The first-order valence-corrected chi connectivity index (χ1v) is 18.1. The van der Waals surface area contributed by atoms with Crippen molar-refractivity contribution in [2.24, 2.45) is 63.1 Å². The van der Waals surface area contributed by atoms with Crippen molar-refractivity contribution in [3.63, 3.8) is 0 Å². The summed E-state index contributed by atoms with van der Waals surface area (Å²) in [5.74, 6) is 2.84. The van der Waals surface area contributed by atoms with Crippen molar-refractivity contribution in [2.45, 2.75) is 157 Å². The number of hydrogen-bond donors (Lipinski definition) is 1. The molecule has 6 nitrogen and oxygen atoms in total. The SMILES string of the molecule is CC(C)(C)OC(=O)NC12CCCC1C1CCC3C(C)(CCC4C(C)(C)C(OC(=O)C5CC(C=O)C5(C)C)CCC43C)C1CC2. The minimum Gasteiger partial charge on any atom is -0.462 e. The van der Waals surface area contributed by atoms with Gasteiger partial charge in [0.15, 0.2) is 0 Å². The van der Waals surface area contributed by atoms with Gasteiger partial charge >= 0.3 is 12.1 Å². The summed E-state index contributed by atoms with van der Waals surface area (Å²) in [5.41, 5.74) is -0.418. The summed E-state index contributed by atoms with van der Waals surface area (Å²) in [7, 11) is 0. The molecule has 248 valence electrons. The molecule has 6 heteroatoms. The van der Waals surface area contributed by atoms with E-state index in [0.717, 1.165) is 32.0 Å². The molecule has 6 saturated carbocycles. The van der Waals surface area contributed by atoms with Crippen molar-refractivity contribution >= 4 is 18.3 Å². The van der Waals surface area contributed by atoms with Crippen LogP contribution in [-0.4, -0.2) is 35.6 Å². The second-order valence-electron chi connectivity index (χ2n) is 19.0. The van der Waals surface area contributed by atoms with Crippen LogP contribution < -0.4 is 5.32 Å². The van der Waals surface area contributed by atoms with Gasteiger partial charge in [-0.1, -0.05) is 48.0 Å². The van der Waals surface area contributed by atoms with Crippen molar-refractivity contribution < 1.29 is 23.9 Å². The number of rotatable bonds is 4. The number of carbonyl (C=O) groups is 3. The lowest BCUT2D eigenvalue weighted by Crippen LogP contribution is -2.65. The highest BCUT2D eigenvalue weighted by Crippen LogP contribution is 2.72. The maximum absolute atomic E-state index is 13.4. The van der Waals surface area contributed by atoms with Gasteiger partial charge in [-0.25, -0.2) is 4.79 Å². The molecule has 0 aromatic heterocycles. The number of fused-ring (bicyclic) bond motifs is 7. The zero-order valence-electron chi connectivity index (χ0n) is 29.2. The fourth-order valence-corrected chi connectivity index (χ4v) is 12.9. The first kappa shape index (κ1) is 32.4. The van der Waals surface area contributed by atoms with Gasteiger partial charge in [-0.05, 0) is 137 Å². The highest BCUT2D eigenvalue weighted by atomic mass is 16.6. The standard InChI is InChI=1S/C38H61NO5/c1-33(2,3)44-32(42)39-38-17-10-11-26(38)24-12-13-29-36(8,25(24)14-20-38)18-15-28-35(6,7)30(16-19-37(28,29)9)43-31(41)27-21-23(22-40)34(27,4)5/h22-30H,10-21H2,1-9H3,(H,39,42). The summed E-state index contributed by atoms with van der Waals surface area (Å²) in [6.07, 6.45) is 14.2. The van der Waals surface area contributed by atoms with Crippen molar-refractivity contribution in [3.05, 3.63) is 0 Å². The number of hydrogen-bond acceptors (Lipinski definition) is 5. The third kappa shape index (κ3) is 4.79. The molecule has 0 spiro atoms. The lowest BCUT2D eigenvalue weighted by Gasteiger charge is -2.69. The molecule has 6 fully saturated rings. The van der Waals surface area contributed by atoms with Gasteiger partial charge in [-0.15, -0.1) is 0 Å². The first-order valence-electron chi connectivity index (χ1n) is 18.1. The molecular formula is C38H61NO5. The maximum Gasteiger partial charge on any atom is 0.408 e. The predicted molar refractivity (Wildman–Crippen MR) is 172 cm³/mol. The summed E-state index contributed by atoms with van der Waals surface area (Å²) in [4.78, 5) is 37.9. The van der Waals surface area contributed by atoms with Crippen molar-refractivity contribution in [3.8, 4) is 0 Å². The number of esters is 1. The quantitative estimate of drug-likeness (QED) is 0.255. The molecule has 11 atom stereocenters. The molecular weight excluding hydrogens is 550 g/mol. The second kappa shape index (κ2) is 10.5. The van der Waals surface area contributed by atoms with E-state index >= 15 is 0 Å². The van der Waals surface area contributed by atoms with Crippen LogP contribution in [0.2, 0.25) is 0 Å². The highest BCUT2D eigenvalue weighted by Gasteiger charge is 2.67. The van der Waals surface area contributed by atoms with Crippen molar-refractivity contribution in [1.82, 2.24) is 5.32 Å². The van der Waals surface area contributed by atoms with Crippen molar-refractivity contribution in [2.75, 3.05) is 0 Å². The lowest BCUT2D eigenvalue weighted by atomic mass is 9.36. The highest BCUT2D eigenvalue weighted by molar-refractivity contribution is 5.77. The Morgan fingerprint density at radius 2 is 1.48 bits per heavy atom. The van der Waals surface area contributed by atoms with Gasteiger partial charge in [0.2, 0.25) is 0 Å². The summed E-state index contributed by atoms with van der Waals surface area (Å²) in [6, 6.07) is 0. The summed E-state index contributed by atoms with van der Waals surface area (Å²) in [6.45, 7) is 19.9. The van der Waals surface area contributed by atoms with Crippen LogP contribution >= 0.6 is 0 Å². The molecule has 11 unspecified atom stereocenters. The molecule has 1 N–H and O–H groups in total. The molecule has 0 saturated heterocycles. The number of carbonyl (C=O) groups excluding carboxylic acids is 3. The Balaban J connectivity index is 1.17. The van der Waals surface area contributed by atoms with Crippen LogP contribution in [0.5, 0.6) is 0 Å². The van der Waals surface area contributed by atoms with Crippen LogP contribution in [0, 0.1) is 63.1 Å². The Hall–Kier alpha value is -1.59. The summed E-state index contributed by atoms with van der Waals surface area (Å²) < 4.78 is 12.2. The van der Waals surface area contributed by atoms with Gasteiger partial charge in [-0.2, -0.15) is 0 Å². The normalized spacial score (nSPS) is 47.0. The number of nitrogens with one attached hydrogen (secondary N) is 1. The van der Waals surface area contributed by atoms with Crippen LogP contribution in [-0.2, 0) is 19.1 Å². The first-order chi connectivity index (χ1) is 20.4. The molecule has 6 aliphatic carbocycles. The predicted octanol–water partition coefficient (Wildman–Crippen LogP) is 8.50. The third-order valence-electron chi connectivity index (χ3n) is 15.3. The van der Waals surface area contributed by atoms with Crippen LogP contribution in [0.15, 0.2) is 0 Å². The molecule has 0 heterocycles. The van der Waals surface area contributed by atoms with E-state index in [2.05, 4.69) is 33.0 Å². The second-order valence-corrected chi connectivity index (χ2v) is 19.0. The Kier molecular flexibility index (Phi) is 7.69. The van der Waals surface area contributed by atoms with Gasteiger partial charge in [0.25, 0.3) is 0 Å². The molecule has 0 bridgehead atoms. The molecule has 0 radical (unpaired) electrons. The molecule has 44 heavy (non-hydrogen) atoms. The van der Waals surface area contributed by atoms with E-state index in [1.807, 2.05) is 34.6 Å². The Morgan fingerprint density at radius 1 is 0.773 bits per heavy atom. The number of amides is 1. The fourth-order valence-electron chi connectivity index (χ4n) is 12.9. The zero-order valence-corrected chi connectivity index (χ0v) is 29.2. The molecule has 0 aromatic rings. The third-order valence-corrected chi connectivity index (χ3v) is 15.3. The topological polar surface area (TPSA) is 81.7 Å². The Morgan fingerprint density at radius 3 is 2.14 bits per heavy atom. The van der Waals surface area contributed by atoms with Gasteiger partial charge in [-0.3, -0.25) is 4.79 Å². The summed E-state index contributed by atoms with van der Waals surface area (Å²) in [5, 5.41) is 3.46. The van der Waals surface area contributed by atoms with Crippen LogP contribution in [0.4, 0.5) is 4.79 Å². The smallest absolute Gasteiger partial charge is 0.408 e. The number of aldehydes is 1. The lowest BCUT2D eigenvalue weighted by molar-refractivity contribution is -0.224. The van der Waals surface area contributed by atoms with Crippen LogP contribution in [0.25, 0.3) is 0 Å². The van der Waals surface area contributed by atoms with E-state index in [-0.39, 0.29) is 51.8 Å². The largest absolute Gasteiger partial charge is 0.462 e. The molecule has 0 aliphatic heterocycles. The minimum absolute atomic E-state index is 0.0453. The average Bonchev–Trinajstić information content (AvgIpc) is 3.32. The fraction of sp³-hybridized carbons (Fsp3) is 0.921. The number of ether oxygens (including phenoxy) is 2. The van der Waals surface area contributed by atoms with Crippen molar-refractivity contribution in [1.29, 1.82) is 0 Å². The molecule has 6 rings (SSSR count). The zero-order chi connectivity index (χ0) is 32.1. The van der Waals surface area contributed by atoms with Gasteiger partial charge in [0, 0.05) is 16.9 Å². The van der Waals surface area contributed by atoms with E-state index in [1.165, 1.54) is 44.9 Å². The molecule has 0 aromatic carbocycles. The van der Waals surface area contributed by atoms with E-state index in [9.17, 15) is 14.4 Å². The van der Waals surface area contributed by atoms with E-state index in [0.29, 0.717) is 41.4 Å². The van der Waals surface area contributed by atoms with Crippen LogP contribution in [0.1, 0.15) is 139 Å². The Bertz CT molecular complexity index is 1170. The summed E-state index contributed by atoms with van der Waals surface area (Å²) >= 11 is 0. The molecule has 1 amide bonds. The average molecular weight is 612 g/mol. The Labute approximate surface area is 266 Å². The van der Waals surface area contributed by atoms with E-state index < -0.39 is 5.60 Å². The van der Waals surface area contributed by atoms with Gasteiger partial charge in [0.1, 0.15) is 18.0 Å². The maximum atomic E-state index is 13.4. The van der Waals surface area contributed by atoms with Gasteiger partial charge in [0.05, 0.1) is 5.92 Å². The van der Waals surface area contributed by atoms with Gasteiger partial charge < -0.3 is 19.6 Å². The minimum atomic E-state index is -0.482. The number of alkyl carbamates (subject to hydrolysis) is 1.